The lowest BCUT2D eigenvalue weighted by Crippen LogP contribution is -2.38. The molecule has 3 nitrogen and oxygen atoms in total. The van der Waals surface area contributed by atoms with Gasteiger partial charge in [0.25, 0.3) is 0 Å². The number of hydrogen-bond donors (Lipinski definition) is 2. The molecule has 0 aromatic heterocycles. The van der Waals surface area contributed by atoms with Crippen molar-refractivity contribution < 1.29 is 4.79 Å². The zero-order valence-corrected chi connectivity index (χ0v) is 10.8. The summed E-state index contributed by atoms with van der Waals surface area (Å²) in [5.41, 5.74) is 5.61. The zero-order chi connectivity index (χ0) is 12.1. The molecule has 0 bridgehead atoms. The predicted molar refractivity (Wildman–Crippen MR) is 66.9 cm³/mol. The maximum absolute atomic E-state index is 11.8. The van der Waals surface area contributed by atoms with Gasteiger partial charge in [0.2, 0.25) is 5.91 Å². The van der Waals surface area contributed by atoms with Gasteiger partial charge in [-0.2, -0.15) is 0 Å². The molecule has 1 rings (SSSR count). The van der Waals surface area contributed by atoms with Gasteiger partial charge in [-0.05, 0) is 37.1 Å². The van der Waals surface area contributed by atoms with Crippen molar-refractivity contribution in [3.63, 3.8) is 0 Å². The minimum Gasteiger partial charge on any atom is -0.353 e. The predicted octanol–water partition coefficient (Wildman–Crippen LogP) is 1.91. The fourth-order valence-electron chi connectivity index (χ4n) is 2.49. The third-order valence-corrected chi connectivity index (χ3v) is 4.20. The van der Waals surface area contributed by atoms with E-state index in [-0.39, 0.29) is 5.91 Å². The van der Waals surface area contributed by atoms with Crippen molar-refractivity contribution in [2.75, 3.05) is 6.54 Å². The lowest BCUT2D eigenvalue weighted by Gasteiger charge is -2.21. The van der Waals surface area contributed by atoms with E-state index in [1.165, 1.54) is 6.42 Å². The fraction of sp³-hybridized carbons (Fsp3) is 0.923. The van der Waals surface area contributed by atoms with Crippen molar-refractivity contribution in [3.8, 4) is 0 Å². The highest BCUT2D eigenvalue weighted by Crippen LogP contribution is 2.31. The van der Waals surface area contributed by atoms with Crippen molar-refractivity contribution in [2.45, 2.75) is 52.5 Å². The summed E-state index contributed by atoms with van der Waals surface area (Å²) in [6.45, 7) is 7.21. The highest BCUT2D eigenvalue weighted by molar-refractivity contribution is 5.76. The maximum Gasteiger partial charge on any atom is 0.220 e. The second-order valence-electron chi connectivity index (χ2n) is 5.30. The minimum atomic E-state index is 0.184. The number of rotatable bonds is 5. The Bertz CT molecular complexity index is 226. The molecule has 1 amide bonds. The van der Waals surface area contributed by atoms with Crippen LogP contribution in [-0.2, 0) is 4.79 Å². The Morgan fingerprint density at radius 1 is 1.44 bits per heavy atom. The van der Waals surface area contributed by atoms with Crippen molar-refractivity contribution in [2.24, 2.45) is 23.5 Å². The van der Waals surface area contributed by atoms with E-state index < -0.39 is 0 Å². The number of hydrogen-bond acceptors (Lipinski definition) is 2. The van der Waals surface area contributed by atoms with Crippen LogP contribution in [0.1, 0.15) is 46.5 Å². The molecule has 0 saturated heterocycles. The third-order valence-electron chi connectivity index (χ3n) is 4.20. The molecule has 0 aromatic carbocycles. The molecule has 0 heterocycles. The Hall–Kier alpha value is -0.570. The number of carbonyl (C=O) groups excluding carboxylic acids is 1. The van der Waals surface area contributed by atoms with Gasteiger partial charge >= 0.3 is 0 Å². The van der Waals surface area contributed by atoms with Crippen LogP contribution in [0.25, 0.3) is 0 Å². The first-order valence-electron chi connectivity index (χ1n) is 6.57. The average molecular weight is 226 g/mol. The fourth-order valence-corrected chi connectivity index (χ4v) is 2.49. The van der Waals surface area contributed by atoms with E-state index >= 15 is 0 Å². The molecule has 1 aliphatic rings. The van der Waals surface area contributed by atoms with Gasteiger partial charge in [0.1, 0.15) is 0 Å². The van der Waals surface area contributed by atoms with Gasteiger partial charge in [0.15, 0.2) is 0 Å². The lowest BCUT2D eigenvalue weighted by molar-refractivity contribution is -0.122. The van der Waals surface area contributed by atoms with Crippen LogP contribution in [0.2, 0.25) is 0 Å². The molecule has 94 valence electrons. The minimum absolute atomic E-state index is 0.184. The van der Waals surface area contributed by atoms with E-state index in [2.05, 4.69) is 26.1 Å². The van der Waals surface area contributed by atoms with Crippen LogP contribution in [0.5, 0.6) is 0 Å². The molecule has 0 aliphatic heterocycles. The standard InChI is InChI=1S/C13H26N2O/c1-4-11(8-14)7-13(16)15-12-6-5-9(2)10(12)3/h9-12H,4-8,14H2,1-3H3,(H,15,16). The molecular formula is C13H26N2O. The molecule has 3 heteroatoms. The number of nitrogens with two attached hydrogens (primary N) is 1. The molecule has 1 aliphatic carbocycles. The van der Waals surface area contributed by atoms with Crippen LogP contribution in [0.15, 0.2) is 0 Å². The Kier molecular flexibility index (Phi) is 5.26. The molecule has 0 radical (unpaired) electrons. The van der Waals surface area contributed by atoms with Crippen LogP contribution in [0, 0.1) is 17.8 Å². The largest absolute Gasteiger partial charge is 0.353 e. The van der Waals surface area contributed by atoms with E-state index in [1.807, 2.05) is 0 Å². The van der Waals surface area contributed by atoms with Crippen molar-refractivity contribution in [3.05, 3.63) is 0 Å². The van der Waals surface area contributed by atoms with Gasteiger partial charge in [-0.15, -0.1) is 0 Å². The molecule has 1 fully saturated rings. The normalized spacial score (nSPS) is 31.4. The van der Waals surface area contributed by atoms with E-state index in [9.17, 15) is 4.79 Å². The number of carbonyl (C=O) groups is 1. The maximum atomic E-state index is 11.8. The Labute approximate surface area is 99.2 Å². The zero-order valence-electron chi connectivity index (χ0n) is 10.8. The van der Waals surface area contributed by atoms with Gasteiger partial charge < -0.3 is 11.1 Å². The van der Waals surface area contributed by atoms with Crippen molar-refractivity contribution in [1.29, 1.82) is 0 Å². The second kappa shape index (κ2) is 6.24. The SMILES string of the molecule is CCC(CN)CC(=O)NC1CCC(C)C1C. The van der Waals surface area contributed by atoms with Crippen LogP contribution < -0.4 is 11.1 Å². The van der Waals surface area contributed by atoms with Crippen molar-refractivity contribution >= 4 is 5.91 Å². The molecule has 4 unspecified atom stereocenters. The topological polar surface area (TPSA) is 55.1 Å². The summed E-state index contributed by atoms with van der Waals surface area (Å²) in [6, 6.07) is 0.387. The molecular weight excluding hydrogens is 200 g/mol. The number of amides is 1. The summed E-state index contributed by atoms with van der Waals surface area (Å²) in [5.74, 6) is 1.88. The van der Waals surface area contributed by atoms with Crippen LogP contribution in [0.4, 0.5) is 0 Å². The monoisotopic (exact) mass is 226 g/mol. The Morgan fingerprint density at radius 3 is 2.56 bits per heavy atom. The van der Waals surface area contributed by atoms with E-state index in [4.69, 9.17) is 5.73 Å². The van der Waals surface area contributed by atoms with Crippen LogP contribution in [0.3, 0.4) is 0 Å². The van der Waals surface area contributed by atoms with Gasteiger partial charge in [-0.25, -0.2) is 0 Å². The first kappa shape index (κ1) is 13.5. The van der Waals surface area contributed by atoms with Crippen LogP contribution in [-0.4, -0.2) is 18.5 Å². The average Bonchev–Trinajstić information content (AvgIpc) is 2.58. The lowest BCUT2D eigenvalue weighted by atomic mass is 9.97. The molecule has 16 heavy (non-hydrogen) atoms. The Morgan fingerprint density at radius 2 is 2.12 bits per heavy atom. The summed E-state index contributed by atoms with van der Waals surface area (Å²) in [6.07, 6.45) is 3.94. The van der Waals surface area contributed by atoms with E-state index in [0.717, 1.165) is 18.8 Å². The second-order valence-corrected chi connectivity index (χ2v) is 5.30. The van der Waals surface area contributed by atoms with E-state index in [1.54, 1.807) is 0 Å². The first-order chi connectivity index (χ1) is 7.58. The molecule has 0 spiro atoms. The smallest absolute Gasteiger partial charge is 0.220 e. The van der Waals surface area contributed by atoms with E-state index in [0.29, 0.717) is 30.8 Å². The highest BCUT2D eigenvalue weighted by atomic mass is 16.1. The molecule has 1 saturated carbocycles. The van der Waals surface area contributed by atoms with Gasteiger partial charge in [-0.3, -0.25) is 4.79 Å². The summed E-state index contributed by atoms with van der Waals surface area (Å²) >= 11 is 0. The quantitative estimate of drug-likeness (QED) is 0.752. The summed E-state index contributed by atoms with van der Waals surface area (Å²) in [4.78, 5) is 11.8. The molecule has 3 N–H and O–H groups in total. The highest BCUT2D eigenvalue weighted by Gasteiger charge is 2.30. The summed E-state index contributed by atoms with van der Waals surface area (Å²) in [7, 11) is 0. The first-order valence-corrected chi connectivity index (χ1v) is 6.57. The third kappa shape index (κ3) is 3.48. The van der Waals surface area contributed by atoms with Gasteiger partial charge in [0, 0.05) is 12.5 Å². The summed E-state index contributed by atoms with van der Waals surface area (Å²) < 4.78 is 0. The molecule has 4 atom stereocenters. The van der Waals surface area contributed by atoms with Crippen LogP contribution >= 0.6 is 0 Å². The van der Waals surface area contributed by atoms with Gasteiger partial charge in [0.05, 0.1) is 0 Å². The van der Waals surface area contributed by atoms with Gasteiger partial charge in [-0.1, -0.05) is 27.2 Å². The van der Waals surface area contributed by atoms with Crippen molar-refractivity contribution in [1.82, 2.24) is 5.32 Å². The number of nitrogens with one attached hydrogen (secondary N) is 1. The molecule has 0 aromatic rings. The Balaban J connectivity index is 2.34. The summed E-state index contributed by atoms with van der Waals surface area (Å²) in [5, 5.41) is 3.16.